The lowest BCUT2D eigenvalue weighted by Gasteiger charge is -2.09. The SMILES string of the molecule is CC1=CCCC2(C)OC2CCC=CC(C)C1. The van der Waals surface area contributed by atoms with Crippen molar-refractivity contribution in [2.45, 2.75) is 64.6 Å². The first kappa shape index (κ1) is 11.9. The highest BCUT2D eigenvalue weighted by Crippen LogP contribution is 2.43. The average molecular weight is 220 g/mol. The van der Waals surface area contributed by atoms with Gasteiger partial charge >= 0.3 is 0 Å². The van der Waals surface area contributed by atoms with Gasteiger partial charge in [-0.1, -0.05) is 30.7 Å². The lowest BCUT2D eigenvalue weighted by molar-refractivity contribution is 0.295. The average Bonchev–Trinajstić information content (AvgIpc) is 2.83. The summed E-state index contributed by atoms with van der Waals surface area (Å²) in [5.74, 6) is 0.683. The lowest BCUT2D eigenvalue weighted by atomic mass is 9.94. The minimum atomic E-state index is 0.190. The molecule has 1 aliphatic carbocycles. The number of rotatable bonds is 0. The van der Waals surface area contributed by atoms with Crippen LogP contribution in [-0.2, 0) is 4.74 Å². The number of ether oxygens (including phenoxy) is 1. The zero-order chi connectivity index (χ0) is 11.6. The van der Waals surface area contributed by atoms with Crippen molar-refractivity contribution in [3.05, 3.63) is 23.8 Å². The van der Waals surface area contributed by atoms with Gasteiger partial charge in [0.1, 0.15) is 0 Å². The Bertz CT molecular complexity index is 303. The molecule has 3 unspecified atom stereocenters. The fourth-order valence-electron chi connectivity index (χ4n) is 2.72. The Balaban J connectivity index is 1.98. The van der Waals surface area contributed by atoms with Crippen LogP contribution in [0.5, 0.6) is 0 Å². The molecule has 2 rings (SSSR count). The fourth-order valence-corrected chi connectivity index (χ4v) is 2.72. The van der Waals surface area contributed by atoms with Crippen molar-refractivity contribution in [2.24, 2.45) is 5.92 Å². The standard InChI is InChI=1S/C15H24O/c1-12-7-4-5-9-14-15(3,16-14)10-6-8-13(2)11-12/h4,7-8,12,14H,5-6,9-11H2,1-3H3. The van der Waals surface area contributed by atoms with E-state index < -0.39 is 0 Å². The molecule has 0 spiro atoms. The number of hydrogen-bond acceptors (Lipinski definition) is 1. The van der Waals surface area contributed by atoms with Crippen molar-refractivity contribution in [2.75, 3.05) is 0 Å². The van der Waals surface area contributed by atoms with E-state index in [1.165, 1.54) is 37.7 Å². The van der Waals surface area contributed by atoms with E-state index in [1.54, 1.807) is 0 Å². The first-order chi connectivity index (χ1) is 7.60. The molecule has 0 N–H and O–H groups in total. The number of allylic oxidation sites excluding steroid dienone is 4. The van der Waals surface area contributed by atoms with Gasteiger partial charge in [-0.15, -0.1) is 0 Å². The number of epoxide rings is 1. The monoisotopic (exact) mass is 220 g/mol. The van der Waals surface area contributed by atoms with Gasteiger partial charge in [0.15, 0.2) is 0 Å². The van der Waals surface area contributed by atoms with Crippen molar-refractivity contribution >= 4 is 0 Å². The number of fused-ring (bicyclic) bond motifs is 1. The van der Waals surface area contributed by atoms with Gasteiger partial charge in [0.05, 0.1) is 11.7 Å². The molecule has 0 saturated carbocycles. The molecule has 1 saturated heterocycles. The lowest BCUT2D eigenvalue weighted by Crippen LogP contribution is -2.09. The quantitative estimate of drug-likeness (QED) is 0.439. The van der Waals surface area contributed by atoms with Gasteiger partial charge < -0.3 is 4.74 Å². The Morgan fingerprint density at radius 1 is 1.38 bits per heavy atom. The molecular formula is C15H24O. The van der Waals surface area contributed by atoms with Crippen molar-refractivity contribution in [1.29, 1.82) is 0 Å². The van der Waals surface area contributed by atoms with E-state index in [1.807, 2.05) is 0 Å². The predicted molar refractivity (Wildman–Crippen MR) is 68.4 cm³/mol. The molecular weight excluding hydrogens is 196 g/mol. The van der Waals surface area contributed by atoms with Crippen LogP contribution in [0.1, 0.15) is 52.9 Å². The van der Waals surface area contributed by atoms with Crippen LogP contribution in [0.15, 0.2) is 23.8 Å². The first-order valence-corrected chi connectivity index (χ1v) is 6.60. The van der Waals surface area contributed by atoms with Gasteiger partial charge in [0.2, 0.25) is 0 Å². The van der Waals surface area contributed by atoms with Gasteiger partial charge in [-0.05, 0) is 51.9 Å². The molecule has 1 fully saturated rings. The highest BCUT2D eigenvalue weighted by Gasteiger charge is 2.50. The highest BCUT2D eigenvalue weighted by atomic mass is 16.6. The van der Waals surface area contributed by atoms with E-state index >= 15 is 0 Å². The maximum atomic E-state index is 5.82. The topological polar surface area (TPSA) is 12.5 Å². The van der Waals surface area contributed by atoms with E-state index in [0.717, 1.165) is 0 Å². The molecule has 0 aromatic rings. The second kappa shape index (κ2) is 4.75. The molecule has 0 amide bonds. The molecule has 0 aromatic carbocycles. The molecule has 0 radical (unpaired) electrons. The summed E-state index contributed by atoms with van der Waals surface area (Å²) < 4.78 is 5.82. The van der Waals surface area contributed by atoms with Crippen LogP contribution in [-0.4, -0.2) is 11.7 Å². The van der Waals surface area contributed by atoms with Gasteiger partial charge in [-0.3, -0.25) is 0 Å². The Kier molecular flexibility index (Phi) is 3.53. The zero-order valence-corrected chi connectivity index (χ0v) is 10.8. The highest BCUT2D eigenvalue weighted by molar-refractivity contribution is 5.07. The fraction of sp³-hybridized carbons (Fsp3) is 0.733. The van der Waals surface area contributed by atoms with Crippen LogP contribution in [0.2, 0.25) is 0 Å². The van der Waals surface area contributed by atoms with Crippen molar-refractivity contribution in [3.8, 4) is 0 Å². The van der Waals surface area contributed by atoms with Crippen LogP contribution >= 0.6 is 0 Å². The van der Waals surface area contributed by atoms with Crippen LogP contribution in [0, 0.1) is 5.92 Å². The van der Waals surface area contributed by atoms with Crippen LogP contribution in [0.3, 0.4) is 0 Å². The van der Waals surface area contributed by atoms with Crippen LogP contribution in [0.25, 0.3) is 0 Å². The summed E-state index contributed by atoms with van der Waals surface area (Å²) >= 11 is 0. The maximum absolute atomic E-state index is 5.82. The van der Waals surface area contributed by atoms with Gasteiger partial charge in [0, 0.05) is 0 Å². The Morgan fingerprint density at radius 2 is 2.19 bits per heavy atom. The van der Waals surface area contributed by atoms with Crippen molar-refractivity contribution in [3.63, 3.8) is 0 Å². The predicted octanol–water partition coefficient (Wildman–Crippen LogP) is 4.25. The van der Waals surface area contributed by atoms with Crippen molar-refractivity contribution in [1.82, 2.24) is 0 Å². The van der Waals surface area contributed by atoms with Gasteiger partial charge in [0.25, 0.3) is 0 Å². The molecule has 1 nitrogen and oxygen atoms in total. The normalized spacial score (nSPS) is 40.3. The van der Waals surface area contributed by atoms with E-state index in [0.29, 0.717) is 12.0 Å². The Labute approximate surface area is 99.6 Å². The maximum Gasteiger partial charge on any atom is 0.0923 e. The summed E-state index contributed by atoms with van der Waals surface area (Å²) in [6.07, 6.45) is 13.5. The second-order valence-electron chi connectivity index (χ2n) is 5.70. The summed E-state index contributed by atoms with van der Waals surface area (Å²) in [6, 6.07) is 0. The summed E-state index contributed by atoms with van der Waals surface area (Å²) in [7, 11) is 0. The molecule has 16 heavy (non-hydrogen) atoms. The van der Waals surface area contributed by atoms with Crippen LogP contribution < -0.4 is 0 Å². The van der Waals surface area contributed by atoms with Gasteiger partial charge in [-0.25, -0.2) is 0 Å². The molecule has 1 heteroatoms. The summed E-state index contributed by atoms with van der Waals surface area (Å²) in [4.78, 5) is 0. The minimum Gasteiger partial charge on any atom is -0.366 e. The minimum absolute atomic E-state index is 0.190. The summed E-state index contributed by atoms with van der Waals surface area (Å²) in [6.45, 7) is 6.82. The molecule has 0 aromatic heterocycles. The Hall–Kier alpha value is -0.560. The first-order valence-electron chi connectivity index (χ1n) is 6.60. The van der Waals surface area contributed by atoms with Crippen molar-refractivity contribution < 1.29 is 4.74 Å². The molecule has 90 valence electrons. The third-order valence-corrected chi connectivity index (χ3v) is 3.87. The molecule has 3 atom stereocenters. The molecule has 1 heterocycles. The van der Waals surface area contributed by atoms with Gasteiger partial charge in [-0.2, -0.15) is 0 Å². The zero-order valence-electron chi connectivity index (χ0n) is 10.8. The second-order valence-corrected chi connectivity index (χ2v) is 5.70. The van der Waals surface area contributed by atoms with E-state index in [9.17, 15) is 0 Å². The Morgan fingerprint density at radius 3 is 3.00 bits per heavy atom. The smallest absolute Gasteiger partial charge is 0.0923 e. The van der Waals surface area contributed by atoms with E-state index in [-0.39, 0.29) is 5.60 Å². The van der Waals surface area contributed by atoms with E-state index in [4.69, 9.17) is 4.74 Å². The molecule has 1 aliphatic heterocycles. The largest absolute Gasteiger partial charge is 0.366 e. The third kappa shape index (κ3) is 2.98. The summed E-state index contributed by atoms with van der Waals surface area (Å²) in [5, 5.41) is 0. The molecule has 2 aliphatic rings. The number of hydrogen-bond donors (Lipinski definition) is 0. The summed E-state index contributed by atoms with van der Waals surface area (Å²) in [5.41, 5.74) is 1.72. The van der Waals surface area contributed by atoms with Crippen LogP contribution in [0.4, 0.5) is 0 Å². The third-order valence-electron chi connectivity index (χ3n) is 3.87. The molecule has 0 bridgehead atoms. The van der Waals surface area contributed by atoms with E-state index in [2.05, 4.69) is 39.0 Å².